The van der Waals surface area contributed by atoms with Gasteiger partial charge in [0.15, 0.2) is 0 Å². The number of unbranched alkanes of at least 4 members (excludes halogenated alkanes) is 2. The standard InChI is InChI=1S/C22H28N2O3S/c1-3-4-5-6-17-7-9-18(10-8-17)23-21(25)15-28-16-22(26)24-19-11-13-20(27-2)14-12-19/h7-14H,3-6,15-16H2,1-2H3,(H,23,25)(H,24,26). The van der Waals surface area contributed by atoms with Crippen LogP contribution in [0.1, 0.15) is 31.7 Å². The molecule has 0 radical (unpaired) electrons. The van der Waals surface area contributed by atoms with Crippen molar-refractivity contribution in [3.8, 4) is 5.75 Å². The second-order valence-electron chi connectivity index (χ2n) is 6.47. The Morgan fingerprint density at radius 3 is 1.89 bits per heavy atom. The molecule has 0 aliphatic rings. The van der Waals surface area contributed by atoms with Crippen molar-refractivity contribution in [1.29, 1.82) is 0 Å². The lowest BCUT2D eigenvalue weighted by atomic mass is 10.1. The molecule has 2 rings (SSSR count). The number of ether oxygens (including phenoxy) is 1. The fraction of sp³-hybridized carbons (Fsp3) is 0.364. The molecule has 0 saturated heterocycles. The summed E-state index contributed by atoms with van der Waals surface area (Å²) in [6.07, 6.45) is 4.71. The molecule has 0 fully saturated rings. The first-order valence-electron chi connectivity index (χ1n) is 9.51. The number of hydrogen-bond acceptors (Lipinski definition) is 4. The summed E-state index contributed by atoms with van der Waals surface area (Å²) >= 11 is 1.28. The maximum atomic E-state index is 12.0. The Hall–Kier alpha value is -2.47. The van der Waals surface area contributed by atoms with Crippen LogP contribution in [0.15, 0.2) is 48.5 Å². The Labute approximate surface area is 171 Å². The first kappa shape index (κ1) is 21.8. The third-order valence-corrected chi connectivity index (χ3v) is 5.08. The van der Waals surface area contributed by atoms with Gasteiger partial charge in [-0.3, -0.25) is 9.59 Å². The number of carbonyl (C=O) groups excluding carboxylic acids is 2. The minimum atomic E-state index is -0.139. The van der Waals surface area contributed by atoms with Gasteiger partial charge in [-0.1, -0.05) is 31.9 Å². The van der Waals surface area contributed by atoms with Crippen molar-refractivity contribution >= 4 is 35.0 Å². The zero-order valence-corrected chi connectivity index (χ0v) is 17.3. The molecular weight excluding hydrogens is 372 g/mol. The number of benzene rings is 2. The summed E-state index contributed by atoms with van der Waals surface area (Å²) in [5, 5.41) is 5.66. The van der Waals surface area contributed by atoms with Crippen molar-refractivity contribution < 1.29 is 14.3 Å². The predicted octanol–water partition coefficient (Wildman–Crippen LogP) is 4.74. The predicted molar refractivity (Wildman–Crippen MR) is 117 cm³/mol. The molecule has 2 aromatic carbocycles. The van der Waals surface area contributed by atoms with Crippen molar-refractivity contribution in [2.24, 2.45) is 0 Å². The maximum absolute atomic E-state index is 12.0. The van der Waals surface area contributed by atoms with Crippen molar-refractivity contribution in [2.75, 3.05) is 29.2 Å². The van der Waals surface area contributed by atoms with E-state index in [1.54, 1.807) is 31.4 Å². The number of thioether (sulfide) groups is 1. The number of nitrogens with one attached hydrogen (secondary N) is 2. The quantitative estimate of drug-likeness (QED) is 0.535. The first-order valence-corrected chi connectivity index (χ1v) is 10.7. The van der Waals surface area contributed by atoms with Gasteiger partial charge < -0.3 is 15.4 Å². The van der Waals surface area contributed by atoms with Gasteiger partial charge in [0, 0.05) is 11.4 Å². The molecule has 6 heteroatoms. The van der Waals surface area contributed by atoms with Gasteiger partial charge in [-0.2, -0.15) is 0 Å². The summed E-state index contributed by atoms with van der Waals surface area (Å²) in [6.45, 7) is 2.19. The summed E-state index contributed by atoms with van der Waals surface area (Å²) in [5.74, 6) is 0.933. The average molecular weight is 401 g/mol. The van der Waals surface area contributed by atoms with E-state index in [-0.39, 0.29) is 23.3 Å². The third-order valence-electron chi connectivity index (χ3n) is 4.15. The van der Waals surface area contributed by atoms with Crippen LogP contribution in [-0.2, 0) is 16.0 Å². The number of methoxy groups -OCH3 is 1. The Bertz CT molecular complexity index is 745. The van der Waals surface area contributed by atoms with Crippen LogP contribution in [0.2, 0.25) is 0 Å². The van der Waals surface area contributed by atoms with E-state index in [9.17, 15) is 9.59 Å². The molecule has 2 N–H and O–H groups in total. The highest BCUT2D eigenvalue weighted by Gasteiger charge is 2.07. The Morgan fingerprint density at radius 1 is 0.857 bits per heavy atom. The number of carbonyl (C=O) groups is 2. The third kappa shape index (κ3) is 8.05. The van der Waals surface area contributed by atoms with Crippen LogP contribution in [0, 0.1) is 0 Å². The van der Waals surface area contributed by atoms with Gasteiger partial charge in [-0.15, -0.1) is 11.8 Å². The molecule has 5 nitrogen and oxygen atoms in total. The molecule has 0 spiro atoms. The normalized spacial score (nSPS) is 10.4. The molecule has 0 bridgehead atoms. The molecule has 150 valence electrons. The number of amides is 2. The van der Waals surface area contributed by atoms with E-state index in [1.165, 1.54) is 36.6 Å². The van der Waals surface area contributed by atoms with E-state index in [0.29, 0.717) is 5.69 Å². The van der Waals surface area contributed by atoms with E-state index in [0.717, 1.165) is 17.9 Å². The first-order chi connectivity index (χ1) is 13.6. The molecule has 0 heterocycles. The number of rotatable bonds is 11. The summed E-state index contributed by atoms with van der Waals surface area (Å²) < 4.78 is 5.08. The van der Waals surface area contributed by atoms with Gasteiger partial charge in [-0.25, -0.2) is 0 Å². The van der Waals surface area contributed by atoms with Crippen LogP contribution < -0.4 is 15.4 Å². The highest BCUT2D eigenvalue weighted by Crippen LogP contribution is 2.16. The number of anilines is 2. The molecule has 0 saturated carbocycles. The van der Waals surface area contributed by atoms with E-state index in [1.807, 2.05) is 12.1 Å². The topological polar surface area (TPSA) is 67.4 Å². The van der Waals surface area contributed by atoms with Crippen molar-refractivity contribution in [3.05, 3.63) is 54.1 Å². The van der Waals surface area contributed by atoms with E-state index >= 15 is 0 Å². The summed E-state index contributed by atoms with van der Waals surface area (Å²) in [6, 6.07) is 15.1. The summed E-state index contributed by atoms with van der Waals surface area (Å²) in [4.78, 5) is 24.0. The van der Waals surface area contributed by atoms with E-state index < -0.39 is 0 Å². The molecule has 0 aliphatic carbocycles. The van der Waals surface area contributed by atoms with Gasteiger partial charge in [-0.05, 0) is 54.8 Å². The molecule has 28 heavy (non-hydrogen) atoms. The summed E-state index contributed by atoms with van der Waals surface area (Å²) in [5.41, 5.74) is 2.78. The monoisotopic (exact) mass is 400 g/mol. The fourth-order valence-electron chi connectivity index (χ4n) is 2.64. The van der Waals surface area contributed by atoms with Gasteiger partial charge in [0.05, 0.1) is 18.6 Å². The number of hydrogen-bond donors (Lipinski definition) is 2. The van der Waals surface area contributed by atoms with Crippen LogP contribution in [0.5, 0.6) is 5.75 Å². The highest BCUT2D eigenvalue weighted by atomic mass is 32.2. The lowest BCUT2D eigenvalue weighted by Gasteiger charge is -2.08. The van der Waals surface area contributed by atoms with Crippen LogP contribution in [-0.4, -0.2) is 30.4 Å². The van der Waals surface area contributed by atoms with Crippen molar-refractivity contribution in [3.63, 3.8) is 0 Å². The zero-order chi connectivity index (χ0) is 20.2. The van der Waals surface area contributed by atoms with Crippen molar-refractivity contribution in [2.45, 2.75) is 32.6 Å². The minimum Gasteiger partial charge on any atom is -0.497 e. The fourth-order valence-corrected chi connectivity index (χ4v) is 3.26. The van der Waals surface area contributed by atoms with Gasteiger partial charge >= 0.3 is 0 Å². The molecule has 2 amide bonds. The molecular formula is C22H28N2O3S. The molecule has 2 aromatic rings. The maximum Gasteiger partial charge on any atom is 0.234 e. The zero-order valence-electron chi connectivity index (χ0n) is 16.5. The SMILES string of the molecule is CCCCCc1ccc(NC(=O)CSCC(=O)Nc2ccc(OC)cc2)cc1. The molecule has 0 aliphatic heterocycles. The summed E-state index contributed by atoms with van der Waals surface area (Å²) in [7, 11) is 1.59. The van der Waals surface area contributed by atoms with Gasteiger partial charge in [0.2, 0.25) is 11.8 Å². The second kappa shape index (κ2) is 12.1. The van der Waals surface area contributed by atoms with Crippen LogP contribution >= 0.6 is 11.8 Å². The van der Waals surface area contributed by atoms with Crippen LogP contribution in [0.4, 0.5) is 11.4 Å². The van der Waals surface area contributed by atoms with Crippen molar-refractivity contribution in [1.82, 2.24) is 0 Å². The highest BCUT2D eigenvalue weighted by molar-refractivity contribution is 8.00. The molecule has 0 unspecified atom stereocenters. The lowest BCUT2D eigenvalue weighted by Crippen LogP contribution is -2.18. The van der Waals surface area contributed by atoms with Crippen LogP contribution in [0.25, 0.3) is 0 Å². The number of aryl methyl sites for hydroxylation is 1. The van der Waals surface area contributed by atoms with Crippen LogP contribution in [0.3, 0.4) is 0 Å². The lowest BCUT2D eigenvalue weighted by molar-refractivity contribution is -0.114. The van der Waals surface area contributed by atoms with E-state index in [4.69, 9.17) is 4.74 Å². The van der Waals surface area contributed by atoms with E-state index in [2.05, 4.69) is 29.7 Å². The minimum absolute atomic E-state index is 0.110. The molecule has 0 atom stereocenters. The second-order valence-corrected chi connectivity index (χ2v) is 7.46. The Morgan fingerprint density at radius 2 is 1.39 bits per heavy atom. The Kier molecular flexibility index (Phi) is 9.42. The van der Waals surface area contributed by atoms with Gasteiger partial charge in [0.1, 0.15) is 5.75 Å². The molecule has 0 aromatic heterocycles. The smallest absolute Gasteiger partial charge is 0.234 e. The Balaban J connectivity index is 1.66. The largest absolute Gasteiger partial charge is 0.497 e. The average Bonchev–Trinajstić information content (AvgIpc) is 2.70. The van der Waals surface area contributed by atoms with Gasteiger partial charge in [0.25, 0.3) is 0 Å².